The topological polar surface area (TPSA) is 77.3 Å². The second-order valence-electron chi connectivity index (χ2n) is 33.0. The molecule has 10 heterocycles. The van der Waals surface area contributed by atoms with E-state index in [9.17, 15) is 0 Å². The van der Waals surface area contributed by atoms with Crippen LogP contribution in [0.15, 0.2) is 48.8 Å². The predicted octanol–water partition coefficient (Wildman–Crippen LogP) is 34.3. The summed E-state index contributed by atoms with van der Waals surface area (Å²) in [6.45, 7) is 23.5. The quantitative estimate of drug-likeness (QED) is 0.0354. The number of benzene rings is 1. The average Bonchev–Trinajstić information content (AvgIpc) is 1.52. The zero-order valence-electron chi connectivity index (χ0n) is 68.7. The molecule has 10 aromatic heterocycles. The molecule has 2 unspecified atom stereocenters. The Kier molecular flexibility index (Phi) is 33.3. The van der Waals surface area contributed by atoms with Crippen molar-refractivity contribution in [2.75, 3.05) is 0 Å². The van der Waals surface area contributed by atoms with Crippen molar-refractivity contribution >= 4 is 134 Å². The van der Waals surface area contributed by atoms with Gasteiger partial charge in [-0.05, 0) is 154 Å². The van der Waals surface area contributed by atoms with E-state index in [1.54, 1.807) is 20.9 Å². The molecule has 2 atom stereocenters. The maximum Gasteiger partial charge on any atom is 0.132 e. The number of aryl methyl sites for hydroxylation is 6. The van der Waals surface area contributed by atoms with Crippen molar-refractivity contribution in [3.63, 3.8) is 0 Å². The first-order valence-corrected chi connectivity index (χ1v) is 50.7. The molecular formula is C95H132N6S8. The SMILES string of the molecule is CCCCCCCCCCc1cc(-c2c3cc(-c4cnc(-c5cc6c(s5)-c5sc(-c7ncc(C)c8nsnc78)cc5C6(CC(CC)CCCC)CC(CC)CCCC)c5nsnc45)sc3c(-c3cc(CCCCCCCCCC)c(CCCCCCCCCC)s3)c3cc(C)sc23)sc1CCCCCCCCCC. The van der Waals surface area contributed by atoms with E-state index in [-0.39, 0.29) is 5.41 Å². The third-order valence-corrected chi connectivity index (χ3v) is 32.8. The van der Waals surface area contributed by atoms with E-state index in [4.69, 9.17) is 27.5 Å². The molecule has 14 heteroatoms. The molecule has 0 amide bonds. The molecule has 6 nitrogen and oxygen atoms in total. The molecule has 0 aliphatic heterocycles. The van der Waals surface area contributed by atoms with Gasteiger partial charge in [0.2, 0.25) is 0 Å². The molecule has 1 aromatic carbocycles. The highest BCUT2D eigenvalue weighted by Gasteiger charge is 2.48. The summed E-state index contributed by atoms with van der Waals surface area (Å²) in [6, 6.07) is 15.8. The number of pyridine rings is 2. The van der Waals surface area contributed by atoms with Gasteiger partial charge in [-0.1, -0.05) is 287 Å². The van der Waals surface area contributed by atoms with E-state index in [0.29, 0.717) is 11.8 Å². The Morgan fingerprint density at radius 3 is 1.17 bits per heavy atom. The lowest BCUT2D eigenvalue weighted by molar-refractivity contribution is 0.266. The fourth-order valence-electron chi connectivity index (χ4n) is 18.1. The van der Waals surface area contributed by atoms with Crippen molar-refractivity contribution in [2.24, 2.45) is 11.8 Å². The molecule has 0 N–H and O–H groups in total. The van der Waals surface area contributed by atoms with Crippen molar-refractivity contribution < 1.29 is 0 Å². The van der Waals surface area contributed by atoms with Crippen LogP contribution in [0, 0.1) is 25.7 Å². The second kappa shape index (κ2) is 43.0. The molecular weight excluding hydrogens is 1480 g/mol. The van der Waals surface area contributed by atoms with Crippen LogP contribution in [-0.2, 0) is 31.1 Å². The van der Waals surface area contributed by atoms with E-state index in [1.165, 1.54) is 387 Å². The Morgan fingerprint density at radius 2 is 0.725 bits per heavy atom. The van der Waals surface area contributed by atoms with Gasteiger partial charge in [0.05, 0.1) is 33.2 Å². The Morgan fingerprint density at radius 1 is 0.339 bits per heavy atom. The fraction of sp³-hybridized carbons (Fsp3) is 0.621. The monoisotopic (exact) mass is 1610 g/mol. The number of aromatic nitrogens is 6. The smallest absolute Gasteiger partial charge is 0.132 e. The molecule has 590 valence electrons. The molecule has 0 radical (unpaired) electrons. The van der Waals surface area contributed by atoms with Gasteiger partial charge in [-0.3, -0.25) is 9.97 Å². The Hall–Kier alpha value is -4.12. The van der Waals surface area contributed by atoms with E-state index < -0.39 is 0 Å². The second-order valence-corrected chi connectivity index (χ2v) is 40.7. The van der Waals surface area contributed by atoms with Gasteiger partial charge >= 0.3 is 0 Å². The Balaban J connectivity index is 0.984. The lowest BCUT2D eigenvalue weighted by Crippen LogP contribution is -2.31. The molecule has 1 aliphatic rings. The average molecular weight is 1610 g/mol. The van der Waals surface area contributed by atoms with Crippen LogP contribution in [0.2, 0.25) is 0 Å². The minimum absolute atomic E-state index is 0.143. The number of hydrogen-bond donors (Lipinski definition) is 0. The summed E-state index contributed by atoms with van der Waals surface area (Å²) in [4.78, 5) is 25.1. The van der Waals surface area contributed by atoms with Crippen LogP contribution in [0.1, 0.15) is 368 Å². The van der Waals surface area contributed by atoms with Gasteiger partial charge in [0.15, 0.2) is 0 Å². The van der Waals surface area contributed by atoms with E-state index in [2.05, 4.69) is 135 Å². The molecule has 1 aliphatic carbocycles. The van der Waals surface area contributed by atoms with Gasteiger partial charge in [-0.25, -0.2) is 0 Å². The number of rotatable bonds is 53. The van der Waals surface area contributed by atoms with Crippen LogP contribution in [-0.4, -0.2) is 27.5 Å². The summed E-state index contributed by atoms with van der Waals surface area (Å²) in [6.07, 6.45) is 64.4. The molecule has 12 rings (SSSR count). The summed E-state index contributed by atoms with van der Waals surface area (Å²) in [5, 5.41) is 2.86. The number of hydrogen-bond acceptors (Lipinski definition) is 14. The Bertz CT molecular complexity index is 4340. The van der Waals surface area contributed by atoms with Gasteiger partial charge in [-0.15, -0.1) is 68.0 Å². The molecule has 109 heavy (non-hydrogen) atoms. The molecule has 0 spiro atoms. The summed E-state index contributed by atoms with van der Waals surface area (Å²) < 4.78 is 23.3. The van der Waals surface area contributed by atoms with E-state index >= 15 is 0 Å². The predicted molar refractivity (Wildman–Crippen MR) is 490 cm³/mol. The first-order chi connectivity index (χ1) is 53.6. The molecule has 0 fully saturated rings. The first-order valence-electron chi connectivity index (χ1n) is 44.3. The minimum Gasteiger partial charge on any atom is -0.253 e. The zero-order valence-corrected chi connectivity index (χ0v) is 75.3. The standard InChI is InChI=1S/C95H132N6S8/c1-11-19-25-29-33-37-41-45-51-69-56-79(103-76(69)53-47-43-39-35-31-27-21-13-3)83-71-55-66(10)102-91(71)84(80-57-70(52-46-42-38-34-30-26-20-12-2)77(104-80)54-48-44-40-36-32-28-22-14-4)72-58-78(105-92(72)83)73-64-97-88(90-86(73)99-109-101-90)82-60-75-94(107-82)93-74(59-81(106-93)87-89-85(98-108-100-89)65(9)63-96-87)95(75,61-67(17-7)49-23-15-5)62-68(18-8)50-24-16-6/h55-60,63-64,67-68H,11-54,61-62H2,1-10H3. The van der Waals surface area contributed by atoms with Crippen molar-refractivity contribution in [2.45, 2.75) is 370 Å². The summed E-state index contributed by atoms with van der Waals surface area (Å²) in [5.41, 5.74) is 17.1. The van der Waals surface area contributed by atoms with Crippen molar-refractivity contribution in [1.29, 1.82) is 0 Å². The van der Waals surface area contributed by atoms with Gasteiger partial charge in [0, 0.05) is 93.7 Å². The fourth-order valence-corrected chi connectivity index (χ4v) is 27.0. The number of fused-ring (bicyclic) bond motifs is 7. The maximum atomic E-state index is 5.73. The number of thiophene rings is 6. The summed E-state index contributed by atoms with van der Waals surface area (Å²) >= 11 is 14.9. The minimum atomic E-state index is -0.143. The lowest BCUT2D eigenvalue weighted by atomic mass is 9.65. The maximum absolute atomic E-state index is 5.73. The third kappa shape index (κ3) is 20.8. The van der Waals surface area contributed by atoms with E-state index in [0.717, 1.165) is 57.4 Å². The van der Waals surface area contributed by atoms with Crippen LogP contribution in [0.25, 0.3) is 104 Å². The van der Waals surface area contributed by atoms with Crippen LogP contribution in [0.5, 0.6) is 0 Å². The van der Waals surface area contributed by atoms with Crippen LogP contribution in [0.3, 0.4) is 0 Å². The molecule has 11 aromatic rings. The highest BCUT2D eigenvalue weighted by molar-refractivity contribution is 7.26. The van der Waals surface area contributed by atoms with E-state index in [1.807, 2.05) is 51.5 Å². The molecule has 0 saturated heterocycles. The van der Waals surface area contributed by atoms with Gasteiger partial charge in [-0.2, -0.15) is 17.5 Å². The molecule has 0 saturated carbocycles. The number of nitrogens with zero attached hydrogens (tertiary/aromatic N) is 6. The van der Waals surface area contributed by atoms with Crippen molar-refractivity contribution in [3.8, 4) is 62.2 Å². The first kappa shape index (κ1) is 84.3. The van der Waals surface area contributed by atoms with Gasteiger partial charge < -0.3 is 0 Å². The van der Waals surface area contributed by atoms with Gasteiger partial charge in [0.1, 0.15) is 33.5 Å². The Labute approximate surface area is 690 Å². The highest BCUT2D eigenvalue weighted by atomic mass is 32.1. The summed E-state index contributed by atoms with van der Waals surface area (Å²) in [5.74, 6) is 1.23. The van der Waals surface area contributed by atoms with Crippen LogP contribution >= 0.6 is 91.5 Å². The molecule has 0 bridgehead atoms. The largest absolute Gasteiger partial charge is 0.253 e. The normalized spacial score (nSPS) is 14.3. The van der Waals surface area contributed by atoms with Crippen molar-refractivity contribution in [1.82, 2.24) is 27.5 Å². The van der Waals surface area contributed by atoms with Crippen molar-refractivity contribution in [3.05, 3.63) is 91.2 Å². The lowest BCUT2D eigenvalue weighted by Gasteiger charge is -2.37. The van der Waals surface area contributed by atoms with Gasteiger partial charge in [0.25, 0.3) is 0 Å². The van der Waals surface area contributed by atoms with Crippen LogP contribution < -0.4 is 0 Å². The number of unbranched alkanes of at least 4 members (excludes halogenated alkanes) is 30. The highest BCUT2D eigenvalue weighted by Crippen LogP contribution is 2.64. The summed E-state index contributed by atoms with van der Waals surface area (Å²) in [7, 11) is 0. The zero-order chi connectivity index (χ0) is 75.9. The van der Waals surface area contributed by atoms with Crippen LogP contribution in [0.4, 0.5) is 0 Å². The third-order valence-electron chi connectivity index (χ3n) is 24.5.